The minimum Gasteiger partial charge on any atom is -0.492 e. The molecule has 1 amide bonds. The van der Waals surface area contributed by atoms with Crippen molar-refractivity contribution in [1.29, 1.82) is 0 Å². The van der Waals surface area contributed by atoms with E-state index in [1.165, 1.54) is 0 Å². The largest absolute Gasteiger partial charge is 0.492 e. The van der Waals surface area contributed by atoms with E-state index in [-0.39, 0.29) is 24.3 Å². The summed E-state index contributed by atoms with van der Waals surface area (Å²) in [7, 11) is 0. The number of para-hydroxylation sites is 1. The molecule has 2 unspecified atom stereocenters. The Kier molecular flexibility index (Phi) is 5.49. The first-order valence-corrected chi connectivity index (χ1v) is 8.42. The molecule has 0 fully saturated rings. The lowest BCUT2D eigenvalue weighted by Gasteiger charge is -2.25. The fourth-order valence-corrected chi connectivity index (χ4v) is 3.13. The highest BCUT2D eigenvalue weighted by molar-refractivity contribution is 5.79. The highest BCUT2D eigenvalue weighted by Gasteiger charge is 2.26. The molecule has 0 spiro atoms. The third-order valence-corrected chi connectivity index (χ3v) is 4.52. The van der Waals surface area contributed by atoms with E-state index in [0.717, 1.165) is 16.9 Å². The number of nitrogens with one attached hydrogen (secondary N) is 1. The van der Waals surface area contributed by atoms with Gasteiger partial charge < -0.3 is 15.2 Å². The molecule has 3 rings (SSSR count). The van der Waals surface area contributed by atoms with Gasteiger partial charge in [-0.2, -0.15) is 0 Å². The summed E-state index contributed by atoms with van der Waals surface area (Å²) in [6.45, 7) is 1.05. The summed E-state index contributed by atoms with van der Waals surface area (Å²) in [5.74, 6) is 0.856. The van der Waals surface area contributed by atoms with Gasteiger partial charge in [-0.25, -0.2) is 0 Å². The van der Waals surface area contributed by atoms with E-state index in [9.17, 15) is 9.90 Å². The van der Waals surface area contributed by atoms with Crippen LogP contribution in [-0.2, 0) is 11.2 Å². The first-order valence-electron chi connectivity index (χ1n) is 8.42. The number of hydrogen-bond donors (Lipinski definition) is 2. The number of amides is 1. The molecule has 4 nitrogen and oxygen atoms in total. The van der Waals surface area contributed by atoms with Gasteiger partial charge in [-0.3, -0.25) is 4.79 Å². The Labute approximate surface area is 142 Å². The molecule has 2 atom stereocenters. The van der Waals surface area contributed by atoms with Gasteiger partial charge in [0.2, 0.25) is 5.91 Å². The van der Waals surface area contributed by atoms with Gasteiger partial charge in [0, 0.05) is 19.1 Å². The molecule has 1 aliphatic rings. The van der Waals surface area contributed by atoms with Crippen LogP contribution >= 0.6 is 0 Å². The van der Waals surface area contributed by atoms with Gasteiger partial charge in [0.25, 0.3) is 0 Å². The van der Waals surface area contributed by atoms with E-state index in [4.69, 9.17) is 4.74 Å². The van der Waals surface area contributed by atoms with Gasteiger partial charge in [0.05, 0.1) is 5.92 Å². The molecular formula is C20H23NO3. The van der Waals surface area contributed by atoms with Crippen molar-refractivity contribution < 1.29 is 14.6 Å². The van der Waals surface area contributed by atoms with Crippen molar-refractivity contribution in [1.82, 2.24) is 5.32 Å². The Morgan fingerprint density at radius 3 is 2.71 bits per heavy atom. The Balaban J connectivity index is 1.58. The van der Waals surface area contributed by atoms with Gasteiger partial charge >= 0.3 is 0 Å². The van der Waals surface area contributed by atoms with E-state index < -0.39 is 0 Å². The van der Waals surface area contributed by atoms with Crippen molar-refractivity contribution in [2.45, 2.75) is 18.8 Å². The lowest BCUT2D eigenvalue weighted by molar-refractivity contribution is -0.126. The lowest BCUT2D eigenvalue weighted by atomic mass is 9.94. The number of carbonyl (C=O) groups excluding carboxylic acids is 1. The average Bonchev–Trinajstić information content (AvgIpc) is 2.65. The fourth-order valence-electron chi connectivity index (χ4n) is 3.13. The maximum atomic E-state index is 12.5. The Bertz CT molecular complexity index is 672. The molecule has 0 aromatic heterocycles. The quantitative estimate of drug-likeness (QED) is 0.858. The number of carbonyl (C=O) groups is 1. The molecule has 0 radical (unpaired) electrons. The monoisotopic (exact) mass is 325 g/mol. The van der Waals surface area contributed by atoms with E-state index >= 15 is 0 Å². The second-order valence-electron chi connectivity index (χ2n) is 6.18. The molecule has 1 heterocycles. The summed E-state index contributed by atoms with van der Waals surface area (Å²) in [5.41, 5.74) is 2.22. The summed E-state index contributed by atoms with van der Waals surface area (Å²) in [6.07, 6.45) is 1.34. The SMILES string of the molecule is O=C(NCC(CCO)c1ccccc1)C1COc2ccccc2C1. The van der Waals surface area contributed by atoms with Gasteiger partial charge in [0.15, 0.2) is 0 Å². The second-order valence-corrected chi connectivity index (χ2v) is 6.18. The van der Waals surface area contributed by atoms with Crippen molar-refractivity contribution in [2.24, 2.45) is 5.92 Å². The van der Waals surface area contributed by atoms with Crippen LogP contribution < -0.4 is 10.1 Å². The molecule has 2 aromatic carbocycles. The summed E-state index contributed by atoms with van der Waals surface area (Å²) < 4.78 is 5.70. The molecular weight excluding hydrogens is 302 g/mol. The predicted molar refractivity (Wildman–Crippen MR) is 93.0 cm³/mol. The number of rotatable bonds is 6. The molecule has 2 N–H and O–H groups in total. The molecule has 24 heavy (non-hydrogen) atoms. The van der Waals surface area contributed by atoms with Crippen molar-refractivity contribution in [3.8, 4) is 5.75 Å². The van der Waals surface area contributed by atoms with Crippen LogP contribution in [0.2, 0.25) is 0 Å². The zero-order valence-corrected chi connectivity index (χ0v) is 13.7. The highest BCUT2D eigenvalue weighted by Crippen LogP contribution is 2.27. The summed E-state index contributed by atoms with van der Waals surface area (Å²) in [4.78, 5) is 12.5. The van der Waals surface area contributed by atoms with E-state index in [0.29, 0.717) is 26.0 Å². The molecule has 4 heteroatoms. The third-order valence-electron chi connectivity index (χ3n) is 4.52. The lowest BCUT2D eigenvalue weighted by Crippen LogP contribution is -2.39. The number of aliphatic hydroxyl groups is 1. The molecule has 1 aliphatic heterocycles. The number of hydrogen-bond acceptors (Lipinski definition) is 3. The zero-order valence-electron chi connectivity index (χ0n) is 13.7. The maximum absolute atomic E-state index is 12.5. The second kappa shape index (κ2) is 7.97. The van der Waals surface area contributed by atoms with E-state index in [1.807, 2.05) is 54.6 Å². The maximum Gasteiger partial charge on any atom is 0.226 e. The zero-order chi connectivity index (χ0) is 16.8. The topological polar surface area (TPSA) is 58.6 Å². The predicted octanol–water partition coefficient (Wildman–Crippen LogP) is 2.52. The Morgan fingerprint density at radius 1 is 1.17 bits per heavy atom. The van der Waals surface area contributed by atoms with Crippen LogP contribution in [0.5, 0.6) is 5.75 Å². The third kappa shape index (κ3) is 3.95. The van der Waals surface area contributed by atoms with Crippen molar-refractivity contribution >= 4 is 5.91 Å². The average molecular weight is 325 g/mol. The highest BCUT2D eigenvalue weighted by atomic mass is 16.5. The minimum atomic E-state index is -0.162. The first-order chi connectivity index (χ1) is 11.8. The number of benzene rings is 2. The van der Waals surface area contributed by atoms with Crippen LogP contribution in [0.25, 0.3) is 0 Å². The van der Waals surface area contributed by atoms with Gasteiger partial charge in [-0.1, -0.05) is 48.5 Å². The van der Waals surface area contributed by atoms with Crippen molar-refractivity contribution in [3.05, 3.63) is 65.7 Å². The van der Waals surface area contributed by atoms with Crippen LogP contribution in [-0.4, -0.2) is 30.8 Å². The molecule has 0 saturated heterocycles. The normalized spacial score (nSPS) is 17.5. The smallest absolute Gasteiger partial charge is 0.226 e. The molecule has 0 bridgehead atoms. The Morgan fingerprint density at radius 2 is 1.92 bits per heavy atom. The van der Waals surface area contributed by atoms with Crippen LogP contribution in [0, 0.1) is 5.92 Å². The molecule has 126 valence electrons. The van der Waals surface area contributed by atoms with Crippen LogP contribution in [0.1, 0.15) is 23.5 Å². The van der Waals surface area contributed by atoms with Crippen LogP contribution in [0.15, 0.2) is 54.6 Å². The summed E-state index contributed by atoms with van der Waals surface area (Å²) in [5, 5.41) is 12.3. The molecule has 2 aromatic rings. The van der Waals surface area contributed by atoms with Crippen molar-refractivity contribution in [3.63, 3.8) is 0 Å². The summed E-state index contributed by atoms with van der Waals surface area (Å²) in [6, 6.07) is 17.9. The van der Waals surface area contributed by atoms with Gasteiger partial charge in [-0.15, -0.1) is 0 Å². The molecule has 0 aliphatic carbocycles. The van der Waals surface area contributed by atoms with Crippen molar-refractivity contribution in [2.75, 3.05) is 19.8 Å². The Hall–Kier alpha value is -2.33. The number of ether oxygens (including phenoxy) is 1. The molecule has 0 saturated carbocycles. The first kappa shape index (κ1) is 16.5. The number of fused-ring (bicyclic) bond motifs is 1. The van der Waals surface area contributed by atoms with E-state index in [2.05, 4.69) is 5.32 Å². The van der Waals surface area contributed by atoms with Crippen LogP contribution in [0.3, 0.4) is 0 Å². The number of aliphatic hydroxyl groups excluding tert-OH is 1. The van der Waals surface area contributed by atoms with Crippen LogP contribution in [0.4, 0.5) is 0 Å². The summed E-state index contributed by atoms with van der Waals surface area (Å²) >= 11 is 0. The van der Waals surface area contributed by atoms with Gasteiger partial charge in [-0.05, 0) is 30.0 Å². The van der Waals surface area contributed by atoms with E-state index in [1.54, 1.807) is 0 Å². The standard InChI is InChI=1S/C20H23NO3/c22-11-10-17(15-6-2-1-3-7-15)13-21-20(23)18-12-16-8-4-5-9-19(16)24-14-18/h1-9,17-18,22H,10-14H2,(H,21,23). The fraction of sp³-hybridized carbons (Fsp3) is 0.350. The van der Waals surface area contributed by atoms with Gasteiger partial charge in [0.1, 0.15) is 12.4 Å². The minimum absolute atomic E-state index is 0.0170.